The van der Waals surface area contributed by atoms with Crippen LogP contribution in [0.25, 0.3) is 72.7 Å². The Morgan fingerprint density at radius 1 is 0.536 bits per heavy atom. The number of aryl methyl sites for hydroxylation is 2. The normalized spacial score (nSPS) is 12.0. The monoisotopic (exact) mass is 731 g/mol. The molecule has 56 heavy (non-hydrogen) atoms. The number of imidazole rings is 1. The number of para-hydroxylation sites is 1. The molecule has 0 aliphatic rings. The molecule has 0 unspecified atom stereocenters. The average Bonchev–Trinajstić information content (AvgIpc) is 3.58. The number of nitrogens with zero attached hydrogens (tertiary/aromatic N) is 3. The van der Waals surface area contributed by atoms with E-state index in [2.05, 4.69) is 174 Å². The second kappa shape index (κ2) is 14.1. The van der Waals surface area contributed by atoms with E-state index in [1.807, 2.05) is 31.3 Å². The third kappa shape index (κ3) is 6.92. The van der Waals surface area contributed by atoms with Gasteiger partial charge in [-0.2, -0.15) is 0 Å². The molecule has 4 heteroatoms. The van der Waals surface area contributed by atoms with Crippen LogP contribution in [0.3, 0.4) is 0 Å². The number of hydrogen-bond acceptors (Lipinski definition) is 3. The van der Waals surface area contributed by atoms with Gasteiger partial charge in [0.1, 0.15) is 11.6 Å². The van der Waals surface area contributed by atoms with Gasteiger partial charge in [-0.15, -0.1) is 0 Å². The lowest BCUT2D eigenvalue weighted by Crippen LogP contribution is -2.12. The molecule has 8 rings (SSSR count). The maximum Gasteiger partial charge on any atom is 0.149 e. The van der Waals surface area contributed by atoms with Crippen molar-refractivity contribution < 1.29 is 5.11 Å². The van der Waals surface area contributed by atoms with Gasteiger partial charge in [0.05, 0.1) is 22.3 Å². The number of rotatable bonds is 6. The van der Waals surface area contributed by atoms with E-state index < -0.39 is 0 Å². The third-order valence-electron chi connectivity index (χ3n) is 10.8. The zero-order chi connectivity index (χ0) is 39.4. The van der Waals surface area contributed by atoms with Crippen molar-refractivity contribution in [2.75, 3.05) is 0 Å². The molecule has 2 heterocycles. The van der Waals surface area contributed by atoms with Crippen LogP contribution in [-0.4, -0.2) is 19.6 Å². The molecule has 0 aliphatic carbocycles. The Morgan fingerprint density at radius 3 is 1.96 bits per heavy atom. The topological polar surface area (TPSA) is 50.9 Å². The van der Waals surface area contributed by atoms with Crippen LogP contribution in [0.1, 0.15) is 63.8 Å². The minimum absolute atomic E-state index is 0.00482. The summed E-state index contributed by atoms with van der Waals surface area (Å²) in [6.07, 6.45) is 1.90. The Balaban J connectivity index is 1.34. The number of phenols is 1. The summed E-state index contributed by atoms with van der Waals surface area (Å²) >= 11 is 0. The zero-order valence-corrected chi connectivity index (χ0v) is 33.6. The maximum absolute atomic E-state index is 11.6. The van der Waals surface area contributed by atoms with Gasteiger partial charge < -0.3 is 5.11 Å². The van der Waals surface area contributed by atoms with Gasteiger partial charge >= 0.3 is 0 Å². The second-order valence-electron chi connectivity index (χ2n) is 17.1. The van der Waals surface area contributed by atoms with E-state index in [1.54, 1.807) is 0 Å². The van der Waals surface area contributed by atoms with Crippen LogP contribution in [-0.2, 0) is 10.8 Å². The number of pyridine rings is 1. The zero-order valence-electron chi connectivity index (χ0n) is 33.6. The molecular formula is C52H49N3O. The van der Waals surface area contributed by atoms with Gasteiger partial charge in [0.25, 0.3) is 0 Å². The Labute approximate surface area is 331 Å². The fraction of sp³-hybridized carbons (Fsp3) is 0.192. The van der Waals surface area contributed by atoms with Crippen molar-refractivity contribution in [2.45, 2.75) is 66.2 Å². The van der Waals surface area contributed by atoms with Crippen molar-refractivity contribution in [2.24, 2.45) is 0 Å². The standard InChI is InChI=1S/C52H49N3O/c1-33-27-34(2)49(56)44(28-33)50-54-48-43(18-14-20-47(48)55(50)41-23-21-36(22-24-41)42-17-12-13-19-45(42)52(6,7)8)38-29-39(31-40(30-38)51(3,4)5)46-32-37(25-26-53-46)35-15-10-9-11-16-35/h9-32,56H,1-8H3. The van der Waals surface area contributed by atoms with Gasteiger partial charge in [0.2, 0.25) is 0 Å². The van der Waals surface area contributed by atoms with E-state index in [0.29, 0.717) is 11.4 Å². The molecule has 0 saturated carbocycles. The molecule has 0 spiro atoms. The number of aromatic hydroxyl groups is 1. The van der Waals surface area contributed by atoms with Crippen LogP contribution in [0, 0.1) is 13.8 Å². The van der Waals surface area contributed by atoms with Crippen LogP contribution >= 0.6 is 0 Å². The Hall–Kier alpha value is -6.26. The number of phenolic OH excluding ortho intramolecular Hbond substituents is 1. The molecule has 0 saturated heterocycles. The molecule has 0 atom stereocenters. The van der Waals surface area contributed by atoms with Crippen LogP contribution in [0.5, 0.6) is 5.75 Å². The van der Waals surface area contributed by atoms with Crippen LogP contribution < -0.4 is 0 Å². The van der Waals surface area contributed by atoms with Gasteiger partial charge in [-0.05, 0) is 123 Å². The van der Waals surface area contributed by atoms with Crippen molar-refractivity contribution in [3.05, 3.63) is 168 Å². The molecular weight excluding hydrogens is 683 g/mol. The third-order valence-corrected chi connectivity index (χ3v) is 10.8. The summed E-state index contributed by atoms with van der Waals surface area (Å²) in [6.45, 7) is 17.6. The smallest absolute Gasteiger partial charge is 0.149 e. The summed E-state index contributed by atoms with van der Waals surface area (Å²) < 4.78 is 2.20. The second-order valence-corrected chi connectivity index (χ2v) is 17.1. The molecule has 4 nitrogen and oxygen atoms in total. The fourth-order valence-electron chi connectivity index (χ4n) is 7.85. The van der Waals surface area contributed by atoms with Crippen LogP contribution in [0.4, 0.5) is 0 Å². The lowest BCUT2D eigenvalue weighted by Gasteiger charge is -2.23. The van der Waals surface area contributed by atoms with Gasteiger partial charge in [-0.3, -0.25) is 9.55 Å². The van der Waals surface area contributed by atoms with E-state index in [9.17, 15) is 5.11 Å². The summed E-state index contributed by atoms with van der Waals surface area (Å²) in [5, 5.41) is 11.6. The minimum atomic E-state index is -0.113. The summed E-state index contributed by atoms with van der Waals surface area (Å²) in [7, 11) is 0. The molecule has 278 valence electrons. The lowest BCUT2D eigenvalue weighted by atomic mass is 9.82. The van der Waals surface area contributed by atoms with E-state index in [1.165, 1.54) is 16.7 Å². The van der Waals surface area contributed by atoms with Crippen LogP contribution in [0.2, 0.25) is 0 Å². The summed E-state index contributed by atoms with van der Waals surface area (Å²) in [5.74, 6) is 0.940. The largest absolute Gasteiger partial charge is 0.507 e. The van der Waals surface area contributed by atoms with Gasteiger partial charge in [-0.25, -0.2) is 4.98 Å². The maximum atomic E-state index is 11.6. The first-order chi connectivity index (χ1) is 26.8. The van der Waals surface area contributed by atoms with Crippen molar-refractivity contribution in [3.8, 4) is 67.5 Å². The molecule has 0 bridgehead atoms. The predicted molar refractivity (Wildman–Crippen MR) is 235 cm³/mol. The Kier molecular flexibility index (Phi) is 9.25. The highest BCUT2D eigenvalue weighted by atomic mass is 16.3. The van der Waals surface area contributed by atoms with Crippen molar-refractivity contribution in [1.29, 1.82) is 0 Å². The first-order valence-corrected chi connectivity index (χ1v) is 19.5. The van der Waals surface area contributed by atoms with E-state index in [-0.39, 0.29) is 16.6 Å². The molecule has 0 radical (unpaired) electrons. The Morgan fingerprint density at radius 2 is 1.23 bits per heavy atom. The van der Waals surface area contributed by atoms with Crippen molar-refractivity contribution in [3.63, 3.8) is 0 Å². The van der Waals surface area contributed by atoms with Gasteiger partial charge in [0, 0.05) is 23.0 Å². The van der Waals surface area contributed by atoms with Gasteiger partial charge in [0.15, 0.2) is 0 Å². The lowest BCUT2D eigenvalue weighted by molar-refractivity contribution is 0.472. The molecule has 0 fully saturated rings. The predicted octanol–water partition coefficient (Wildman–Crippen LogP) is 13.7. The number of fused-ring (bicyclic) bond motifs is 1. The van der Waals surface area contributed by atoms with E-state index >= 15 is 0 Å². The van der Waals surface area contributed by atoms with E-state index in [4.69, 9.17) is 9.97 Å². The number of hydrogen-bond donors (Lipinski definition) is 1. The number of aromatic nitrogens is 3. The van der Waals surface area contributed by atoms with Crippen molar-refractivity contribution >= 4 is 11.0 Å². The number of benzene rings is 6. The summed E-state index contributed by atoms with van der Waals surface area (Å²) in [4.78, 5) is 10.3. The highest BCUT2D eigenvalue weighted by Crippen LogP contribution is 2.42. The van der Waals surface area contributed by atoms with Crippen molar-refractivity contribution in [1.82, 2.24) is 14.5 Å². The SMILES string of the molecule is Cc1cc(C)c(O)c(-c2nc3c(-c4cc(-c5cc(-c6ccccc6)ccn5)cc(C(C)(C)C)c4)cccc3n2-c2ccc(-c3ccccc3C(C)(C)C)cc2)c1. The highest BCUT2D eigenvalue weighted by Gasteiger charge is 2.24. The average molecular weight is 732 g/mol. The quantitative estimate of drug-likeness (QED) is 0.185. The molecule has 6 aromatic carbocycles. The molecule has 0 amide bonds. The summed E-state index contributed by atoms with van der Waals surface area (Å²) in [6, 6.07) is 49.4. The van der Waals surface area contributed by atoms with Crippen LogP contribution in [0.15, 0.2) is 146 Å². The molecule has 8 aromatic rings. The first kappa shape index (κ1) is 36.7. The highest BCUT2D eigenvalue weighted by molar-refractivity contribution is 5.97. The first-order valence-electron chi connectivity index (χ1n) is 19.5. The summed E-state index contributed by atoms with van der Waals surface area (Å²) in [5.41, 5.74) is 16.6. The van der Waals surface area contributed by atoms with Gasteiger partial charge in [-0.1, -0.05) is 133 Å². The molecule has 0 aliphatic heterocycles. The molecule has 2 aromatic heterocycles. The molecule has 1 N–H and O–H groups in total. The minimum Gasteiger partial charge on any atom is -0.507 e. The Bertz CT molecular complexity index is 2720. The fourth-order valence-corrected chi connectivity index (χ4v) is 7.85. The van der Waals surface area contributed by atoms with E-state index in [0.717, 1.165) is 66.9 Å².